The number of hydrogen-bond donors (Lipinski definition) is 1. The maximum Gasteiger partial charge on any atom is 0.222 e. The Morgan fingerprint density at radius 2 is 2.00 bits per heavy atom. The molecule has 2 N–H and O–H groups in total. The zero-order valence-electron chi connectivity index (χ0n) is 14.0. The zero-order chi connectivity index (χ0) is 17.8. The van der Waals surface area contributed by atoms with Gasteiger partial charge >= 0.3 is 0 Å². The van der Waals surface area contributed by atoms with E-state index in [1.54, 1.807) is 0 Å². The summed E-state index contributed by atoms with van der Waals surface area (Å²) in [6.07, 6.45) is 2.10. The van der Waals surface area contributed by atoms with Crippen LogP contribution in [0.2, 0.25) is 8.67 Å². The summed E-state index contributed by atoms with van der Waals surface area (Å²) in [4.78, 5) is 14.6. The Morgan fingerprint density at radius 1 is 1.24 bits per heavy atom. The van der Waals surface area contributed by atoms with Crippen LogP contribution in [0.15, 0.2) is 36.4 Å². The van der Waals surface area contributed by atoms with Gasteiger partial charge in [0.05, 0.1) is 8.67 Å². The minimum absolute atomic E-state index is 0.203. The van der Waals surface area contributed by atoms with Gasteiger partial charge in [-0.05, 0) is 42.5 Å². The van der Waals surface area contributed by atoms with Crippen molar-refractivity contribution in [3.63, 3.8) is 0 Å². The third kappa shape index (κ3) is 4.56. The summed E-state index contributed by atoms with van der Waals surface area (Å²) in [6.45, 7) is 2.11. The van der Waals surface area contributed by atoms with Crippen LogP contribution in [-0.2, 0) is 11.2 Å². The quantitative estimate of drug-likeness (QED) is 0.776. The van der Waals surface area contributed by atoms with E-state index < -0.39 is 0 Å². The molecule has 2 atom stereocenters. The zero-order valence-corrected chi connectivity index (χ0v) is 16.3. The summed E-state index contributed by atoms with van der Waals surface area (Å²) in [6, 6.07) is 12.3. The number of halogens is 2. The maximum atomic E-state index is 12.6. The first-order valence-electron chi connectivity index (χ1n) is 8.55. The van der Waals surface area contributed by atoms with Gasteiger partial charge in [0, 0.05) is 25.4 Å². The first kappa shape index (κ1) is 18.7. The van der Waals surface area contributed by atoms with Crippen molar-refractivity contribution in [2.24, 2.45) is 11.7 Å². The number of carbonyl (C=O) groups is 1. The minimum atomic E-state index is 0.203. The lowest BCUT2D eigenvalue weighted by Crippen LogP contribution is -2.29. The molecule has 2 heterocycles. The number of thiophene rings is 1. The number of hydrogen-bond acceptors (Lipinski definition) is 3. The molecule has 0 saturated carbocycles. The molecule has 1 aliphatic rings. The van der Waals surface area contributed by atoms with Crippen LogP contribution in [0.4, 0.5) is 0 Å². The van der Waals surface area contributed by atoms with Crippen molar-refractivity contribution in [1.82, 2.24) is 4.90 Å². The molecule has 0 bridgehead atoms. The molecule has 134 valence electrons. The van der Waals surface area contributed by atoms with E-state index in [1.165, 1.54) is 16.9 Å². The standard InChI is InChI=1S/C19H22Cl2N2OS/c20-17-9-14(19(21)25-17)7-4-8-18(24)23-11-15(10-22)16(12-23)13-5-2-1-3-6-13/h1-3,5-6,9,15-16H,4,7-8,10-12,22H2/t15-,16+/m1/s1. The molecule has 1 amide bonds. The molecule has 0 radical (unpaired) electrons. The van der Waals surface area contributed by atoms with Gasteiger partial charge in [0.25, 0.3) is 0 Å². The summed E-state index contributed by atoms with van der Waals surface area (Å²) in [5.74, 6) is 0.867. The van der Waals surface area contributed by atoms with Crippen molar-refractivity contribution in [1.29, 1.82) is 0 Å². The highest BCUT2D eigenvalue weighted by atomic mass is 35.5. The van der Waals surface area contributed by atoms with Crippen molar-refractivity contribution >= 4 is 40.4 Å². The van der Waals surface area contributed by atoms with Gasteiger partial charge in [-0.15, -0.1) is 11.3 Å². The Labute approximate surface area is 162 Å². The minimum Gasteiger partial charge on any atom is -0.342 e. The fourth-order valence-corrected chi connectivity index (χ4v) is 5.07. The van der Waals surface area contributed by atoms with E-state index in [0.717, 1.165) is 35.8 Å². The number of nitrogens with zero attached hydrogens (tertiary/aromatic N) is 1. The second-order valence-corrected chi connectivity index (χ2v) is 8.80. The van der Waals surface area contributed by atoms with Crippen molar-refractivity contribution < 1.29 is 4.79 Å². The molecular formula is C19H22Cl2N2OS. The molecule has 2 aromatic rings. The first-order chi connectivity index (χ1) is 12.1. The molecule has 0 unspecified atom stereocenters. The van der Waals surface area contributed by atoms with Gasteiger partial charge in [0.2, 0.25) is 5.91 Å². The fraction of sp³-hybridized carbons (Fsp3) is 0.421. The van der Waals surface area contributed by atoms with Crippen molar-refractivity contribution in [3.05, 3.63) is 56.2 Å². The van der Waals surface area contributed by atoms with Crippen LogP contribution in [-0.4, -0.2) is 30.4 Å². The van der Waals surface area contributed by atoms with Crippen LogP contribution in [0.3, 0.4) is 0 Å². The van der Waals surface area contributed by atoms with Crippen LogP contribution in [0.25, 0.3) is 0 Å². The third-order valence-corrected chi connectivity index (χ3v) is 6.46. The summed E-state index contributed by atoms with van der Waals surface area (Å²) < 4.78 is 1.42. The van der Waals surface area contributed by atoms with Gasteiger partial charge in [0.1, 0.15) is 0 Å². The molecule has 1 saturated heterocycles. The molecule has 1 aromatic heterocycles. The molecular weight excluding hydrogens is 375 g/mol. The molecule has 3 rings (SSSR count). The number of likely N-dealkylation sites (tertiary alicyclic amines) is 1. The number of benzene rings is 1. The summed E-state index contributed by atoms with van der Waals surface area (Å²) in [5, 5.41) is 0. The number of aryl methyl sites for hydroxylation is 1. The van der Waals surface area contributed by atoms with Gasteiger partial charge in [-0.25, -0.2) is 0 Å². The van der Waals surface area contributed by atoms with E-state index in [9.17, 15) is 4.79 Å². The lowest BCUT2D eigenvalue weighted by Gasteiger charge is -2.17. The van der Waals surface area contributed by atoms with E-state index >= 15 is 0 Å². The second-order valence-electron chi connectivity index (χ2n) is 6.51. The highest BCUT2D eigenvalue weighted by Crippen LogP contribution is 2.34. The Balaban J connectivity index is 1.55. The SMILES string of the molecule is NC[C@@H]1CN(C(=O)CCCc2cc(Cl)sc2Cl)C[C@H]1c1ccccc1. The van der Waals surface area contributed by atoms with Gasteiger partial charge in [-0.3, -0.25) is 4.79 Å². The van der Waals surface area contributed by atoms with E-state index in [4.69, 9.17) is 28.9 Å². The lowest BCUT2D eigenvalue weighted by molar-refractivity contribution is -0.130. The Hall–Kier alpha value is -1.07. The topological polar surface area (TPSA) is 46.3 Å². The van der Waals surface area contributed by atoms with Crippen molar-refractivity contribution in [3.8, 4) is 0 Å². The van der Waals surface area contributed by atoms with Gasteiger partial charge in [-0.1, -0.05) is 53.5 Å². The normalized spacial score (nSPS) is 20.2. The second kappa shape index (κ2) is 8.54. The number of carbonyl (C=O) groups excluding carboxylic acids is 1. The Kier molecular flexibility index (Phi) is 6.39. The van der Waals surface area contributed by atoms with Gasteiger partial charge < -0.3 is 10.6 Å². The largest absolute Gasteiger partial charge is 0.342 e. The molecule has 0 spiro atoms. The first-order valence-corrected chi connectivity index (χ1v) is 10.1. The molecule has 0 aliphatic carbocycles. The fourth-order valence-electron chi connectivity index (χ4n) is 3.52. The monoisotopic (exact) mass is 396 g/mol. The predicted octanol–water partition coefficient (Wildman–Crippen LogP) is 4.58. The maximum absolute atomic E-state index is 12.6. The summed E-state index contributed by atoms with van der Waals surface area (Å²) in [5.41, 5.74) is 8.26. The van der Waals surface area contributed by atoms with Crippen LogP contribution < -0.4 is 5.73 Å². The smallest absolute Gasteiger partial charge is 0.222 e. The molecule has 1 aliphatic heterocycles. The number of amides is 1. The number of rotatable bonds is 6. The predicted molar refractivity (Wildman–Crippen MR) is 106 cm³/mol. The van der Waals surface area contributed by atoms with E-state index in [-0.39, 0.29) is 5.91 Å². The van der Waals surface area contributed by atoms with E-state index in [0.29, 0.717) is 29.1 Å². The molecule has 1 fully saturated rings. The molecule has 3 nitrogen and oxygen atoms in total. The summed E-state index contributed by atoms with van der Waals surface area (Å²) in [7, 11) is 0. The Morgan fingerprint density at radius 3 is 2.64 bits per heavy atom. The highest BCUT2D eigenvalue weighted by Gasteiger charge is 2.34. The Bertz CT molecular complexity index is 719. The van der Waals surface area contributed by atoms with Gasteiger partial charge in [-0.2, -0.15) is 0 Å². The average molecular weight is 397 g/mol. The van der Waals surface area contributed by atoms with Crippen LogP contribution >= 0.6 is 34.5 Å². The van der Waals surface area contributed by atoms with Crippen molar-refractivity contribution in [2.75, 3.05) is 19.6 Å². The average Bonchev–Trinajstić information content (AvgIpc) is 3.18. The lowest BCUT2D eigenvalue weighted by atomic mass is 9.89. The van der Waals surface area contributed by atoms with E-state index in [1.807, 2.05) is 29.2 Å². The van der Waals surface area contributed by atoms with Crippen LogP contribution in [0.5, 0.6) is 0 Å². The molecule has 1 aromatic carbocycles. The number of nitrogens with two attached hydrogens (primary N) is 1. The summed E-state index contributed by atoms with van der Waals surface area (Å²) >= 11 is 13.5. The van der Waals surface area contributed by atoms with E-state index in [2.05, 4.69) is 12.1 Å². The van der Waals surface area contributed by atoms with Crippen LogP contribution in [0.1, 0.15) is 29.9 Å². The van der Waals surface area contributed by atoms with Crippen molar-refractivity contribution in [2.45, 2.75) is 25.2 Å². The molecule has 25 heavy (non-hydrogen) atoms. The highest BCUT2D eigenvalue weighted by molar-refractivity contribution is 7.20. The van der Waals surface area contributed by atoms with Gasteiger partial charge in [0.15, 0.2) is 0 Å². The van der Waals surface area contributed by atoms with Crippen LogP contribution in [0, 0.1) is 5.92 Å². The third-order valence-electron chi connectivity index (χ3n) is 4.89. The molecule has 6 heteroatoms.